The van der Waals surface area contributed by atoms with Crippen molar-refractivity contribution in [3.8, 4) is 0 Å². The molecule has 0 aromatic rings. The topological polar surface area (TPSA) is 40.5 Å². The van der Waals surface area contributed by atoms with E-state index in [0.717, 1.165) is 25.9 Å². The molecule has 0 aliphatic carbocycles. The van der Waals surface area contributed by atoms with E-state index in [0.29, 0.717) is 5.92 Å². The first-order valence-electron chi connectivity index (χ1n) is 5.19. The molecule has 82 valence electrons. The number of carboxylic acid groups (broad SMARTS) is 1. The van der Waals surface area contributed by atoms with Gasteiger partial charge in [-0.3, -0.25) is 4.79 Å². The lowest BCUT2D eigenvalue weighted by Crippen LogP contribution is -2.39. The van der Waals surface area contributed by atoms with Crippen molar-refractivity contribution in [2.24, 2.45) is 17.8 Å². The maximum absolute atomic E-state index is 10.9. The van der Waals surface area contributed by atoms with Crippen molar-refractivity contribution in [2.45, 2.75) is 26.7 Å². The normalized spacial score (nSPS) is 31.4. The summed E-state index contributed by atoms with van der Waals surface area (Å²) >= 11 is 5.93. The van der Waals surface area contributed by atoms with Crippen molar-refractivity contribution in [1.82, 2.24) is 4.42 Å². The second-order valence-electron chi connectivity index (χ2n) is 4.12. The van der Waals surface area contributed by atoms with Crippen molar-refractivity contribution < 1.29 is 9.90 Å². The van der Waals surface area contributed by atoms with Crippen LogP contribution in [-0.4, -0.2) is 28.6 Å². The Morgan fingerprint density at radius 1 is 1.71 bits per heavy atom. The number of hydrogen-bond donors (Lipinski definition) is 1. The summed E-state index contributed by atoms with van der Waals surface area (Å²) in [6.45, 7) is 5.53. The lowest BCUT2D eigenvalue weighted by atomic mass is 9.77. The fourth-order valence-corrected chi connectivity index (χ4v) is 2.55. The number of hydrogen-bond acceptors (Lipinski definition) is 2. The van der Waals surface area contributed by atoms with Gasteiger partial charge >= 0.3 is 5.97 Å². The highest BCUT2D eigenvalue weighted by atomic mass is 35.5. The second kappa shape index (κ2) is 4.99. The Morgan fingerprint density at radius 2 is 2.36 bits per heavy atom. The summed E-state index contributed by atoms with van der Waals surface area (Å²) in [5.74, 6) is -0.221. The zero-order valence-corrected chi connectivity index (χ0v) is 9.50. The molecule has 0 aromatic carbocycles. The second-order valence-corrected chi connectivity index (χ2v) is 4.59. The van der Waals surface area contributed by atoms with Crippen LogP contribution in [0.1, 0.15) is 26.7 Å². The van der Waals surface area contributed by atoms with E-state index in [4.69, 9.17) is 16.9 Å². The highest BCUT2D eigenvalue weighted by molar-refractivity contribution is 6.13. The van der Waals surface area contributed by atoms with E-state index >= 15 is 0 Å². The molecule has 0 spiro atoms. The molecule has 14 heavy (non-hydrogen) atoms. The number of piperidine rings is 1. The van der Waals surface area contributed by atoms with Crippen molar-refractivity contribution in [3.05, 3.63) is 0 Å². The molecule has 1 aliphatic heterocycles. The molecule has 0 bridgehead atoms. The van der Waals surface area contributed by atoms with Gasteiger partial charge in [0.1, 0.15) is 0 Å². The van der Waals surface area contributed by atoms with E-state index in [1.807, 2.05) is 0 Å². The zero-order chi connectivity index (χ0) is 10.7. The summed E-state index contributed by atoms with van der Waals surface area (Å²) < 4.78 is 1.78. The first kappa shape index (κ1) is 11.8. The number of nitrogens with zero attached hydrogens (tertiary/aromatic N) is 1. The highest BCUT2D eigenvalue weighted by Gasteiger charge is 2.34. The molecule has 0 aromatic heterocycles. The van der Waals surface area contributed by atoms with Gasteiger partial charge < -0.3 is 5.11 Å². The van der Waals surface area contributed by atoms with Crippen molar-refractivity contribution in [3.63, 3.8) is 0 Å². The molecule has 3 nitrogen and oxygen atoms in total. The number of carbonyl (C=O) groups is 1. The molecule has 1 N–H and O–H groups in total. The number of halogens is 1. The van der Waals surface area contributed by atoms with Gasteiger partial charge in [0.25, 0.3) is 0 Å². The third-order valence-electron chi connectivity index (χ3n) is 3.30. The van der Waals surface area contributed by atoms with Gasteiger partial charge in [-0.25, -0.2) is 4.42 Å². The van der Waals surface area contributed by atoms with Crippen LogP contribution in [-0.2, 0) is 4.79 Å². The Labute approximate surface area is 90.1 Å². The molecule has 0 amide bonds. The first-order valence-corrected chi connectivity index (χ1v) is 5.53. The summed E-state index contributed by atoms with van der Waals surface area (Å²) in [5, 5.41) is 8.97. The molecule has 1 aliphatic rings. The lowest BCUT2D eigenvalue weighted by molar-refractivity contribution is -0.144. The first-order chi connectivity index (χ1) is 6.56. The Hall–Kier alpha value is -0.280. The molecule has 1 rings (SSSR count). The summed E-state index contributed by atoms with van der Waals surface area (Å²) in [6, 6.07) is 0. The lowest BCUT2D eigenvalue weighted by Gasteiger charge is -2.36. The number of rotatable bonds is 3. The fourth-order valence-electron chi connectivity index (χ4n) is 2.28. The van der Waals surface area contributed by atoms with E-state index < -0.39 is 5.97 Å². The third kappa shape index (κ3) is 2.61. The van der Waals surface area contributed by atoms with Crippen LogP contribution in [0.25, 0.3) is 0 Å². The van der Waals surface area contributed by atoms with Gasteiger partial charge in [-0.15, -0.1) is 0 Å². The van der Waals surface area contributed by atoms with Gasteiger partial charge in [-0.1, -0.05) is 20.3 Å². The molecule has 0 saturated carbocycles. The predicted octanol–water partition coefficient (Wildman–Crippen LogP) is 2.21. The summed E-state index contributed by atoms with van der Waals surface area (Å²) in [5.41, 5.74) is 0. The number of aliphatic carboxylic acids is 1. The van der Waals surface area contributed by atoms with Gasteiger partial charge in [0, 0.05) is 13.1 Å². The van der Waals surface area contributed by atoms with Crippen LogP contribution in [0.3, 0.4) is 0 Å². The van der Waals surface area contributed by atoms with Gasteiger partial charge in [0.05, 0.1) is 5.92 Å². The standard InChI is InChI=1S/C10H18ClNO2/c1-3-8-6-12(11)5-4-9(8)7(2)10(13)14/h7-9H,3-6H2,1-2H3,(H,13,14)/t7?,8-,9-/m0/s1. The molecular weight excluding hydrogens is 202 g/mol. The molecular formula is C10H18ClNO2. The molecule has 1 heterocycles. The van der Waals surface area contributed by atoms with E-state index in [9.17, 15) is 4.79 Å². The average Bonchev–Trinajstić information content (AvgIpc) is 2.16. The Kier molecular flexibility index (Phi) is 4.20. The van der Waals surface area contributed by atoms with Crippen LogP contribution in [0.5, 0.6) is 0 Å². The molecule has 0 radical (unpaired) electrons. The van der Waals surface area contributed by atoms with Gasteiger partial charge in [0.2, 0.25) is 0 Å². The summed E-state index contributed by atoms with van der Waals surface area (Å²) in [6.07, 6.45) is 1.90. The fraction of sp³-hybridized carbons (Fsp3) is 0.900. The van der Waals surface area contributed by atoms with Gasteiger partial charge in [-0.05, 0) is 30.0 Å². The Morgan fingerprint density at radius 3 is 2.86 bits per heavy atom. The third-order valence-corrected chi connectivity index (χ3v) is 3.61. The summed E-state index contributed by atoms with van der Waals surface area (Å²) in [4.78, 5) is 10.9. The van der Waals surface area contributed by atoms with E-state index in [1.165, 1.54) is 0 Å². The average molecular weight is 220 g/mol. The van der Waals surface area contributed by atoms with E-state index in [2.05, 4.69) is 6.92 Å². The van der Waals surface area contributed by atoms with Gasteiger partial charge in [-0.2, -0.15) is 0 Å². The molecule has 3 atom stereocenters. The maximum Gasteiger partial charge on any atom is 0.306 e. The predicted molar refractivity (Wildman–Crippen MR) is 56.1 cm³/mol. The summed E-state index contributed by atoms with van der Waals surface area (Å²) in [7, 11) is 0. The van der Waals surface area contributed by atoms with E-state index in [1.54, 1.807) is 11.3 Å². The minimum atomic E-state index is -0.684. The van der Waals surface area contributed by atoms with Crippen LogP contribution < -0.4 is 0 Å². The molecule has 1 fully saturated rings. The minimum absolute atomic E-state index is 0.245. The van der Waals surface area contributed by atoms with Crippen LogP contribution in [0.4, 0.5) is 0 Å². The molecule has 4 heteroatoms. The maximum atomic E-state index is 10.9. The SMILES string of the molecule is CC[C@H]1CN(Cl)CC[C@H]1C(C)C(=O)O. The van der Waals surface area contributed by atoms with E-state index in [-0.39, 0.29) is 11.8 Å². The smallest absolute Gasteiger partial charge is 0.306 e. The van der Waals surface area contributed by atoms with Crippen LogP contribution in [0, 0.1) is 17.8 Å². The van der Waals surface area contributed by atoms with Crippen LogP contribution in [0.2, 0.25) is 0 Å². The Bertz CT molecular complexity index is 210. The largest absolute Gasteiger partial charge is 0.481 e. The molecule has 1 unspecified atom stereocenters. The quantitative estimate of drug-likeness (QED) is 0.740. The van der Waals surface area contributed by atoms with Crippen molar-refractivity contribution >= 4 is 17.7 Å². The van der Waals surface area contributed by atoms with Crippen molar-refractivity contribution in [2.75, 3.05) is 13.1 Å². The highest BCUT2D eigenvalue weighted by Crippen LogP contribution is 2.32. The Balaban J connectivity index is 2.62. The zero-order valence-electron chi connectivity index (χ0n) is 8.74. The monoisotopic (exact) mass is 219 g/mol. The minimum Gasteiger partial charge on any atom is -0.481 e. The van der Waals surface area contributed by atoms with Crippen LogP contribution in [0.15, 0.2) is 0 Å². The number of carboxylic acids is 1. The van der Waals surface area contributed by atoms with Gasteiger partial charge in [0.15, 0.2) is 0 Å². The van der Waals surface area contributed by atoms with Crippen LogP contribution >= 0.6 is 11.8 Å². The van der Waals surface area contributed by atoms with Crippen molar-refractivity contribution in [1.29, 1.82) is 0 Å². The molecule has 1 saturated heterocycles.